The molecule has 1 aromatic carbocycles. The third-order valence-corrected chi connectivity index (χ3v) is 3.27. The Balaban J connectivity index is 2.93. The van der Waals surface area contributed by atoms with E-state index in [1.807, 2.05) is 0 Å². The predicted molar refractivity (Wildman–Crippen MR) is 57.3 cm³/mol. The maximum atomic E-state index is 11.3. The molecule has 78 valence electrons. The lowest BCUT2D eigenvalue weighted by atomic mass is 10.2. The van der Waals surface area contributed by atoms with Crippen LogP contribution < -0.4 is 4.52 Å². The molecule has 0 heterocycles. The molecule has 14 heavy (non-hydrogen) atoms. The summed E-state index contributed by atoms with van der Waals surface area (Å²) in [6, 6.07) is 4.89. The second kappa shape index (κ2) is 4.54. The summed E-state index contributed by atoms with van der Waals surface area (Å²) in [5.74, 6) is 0.398. The van der Waals surface area contributed by atoms with Crippen molar-refractivity contribution < 1.29 is 13.6 Å². The van der Waals surface area contributed by atoms with Gasteiger partial charge in [-0.05, 0) is 30.7 Å². The highest BCUT2D eigenvalue weighted by atomic mass is 35.7. The van der Waals surface area contributed by atoms with Crippen LogP contribution in [-0.4, -0.2) is 7.11 Å². The minimum atomic E-state index is -3.51. The monoisotopic (exact) mass is 254 g/mol. The van der Waals surface area contributed by atoms with Gasteiger partial charge >= 0.3 is 6.95 Å². The van der Waals surface area contributed by atoms with Gasteiger partial charge in [-0.1, -0.05) is 11.6 Å². The SMILES string of the molecule is CO[P@](=O)(Cl)Oc1ccc(Cl)cc1C. The van der Waals surface area contributed by atoms with E-state index in [0.717, 1.165) is 5.56 Å². The van der Waals surface area contributed by atoms with Crippen LogP contribution in [0.5, 0.6) is 5.75 Å². The van der Waals surface area contributed by atoms with Gasteiger partial charge < -0.3 is 4.52 Å². The van der Waals surface area contributed by atoms with Gasteiger partial charge in [0.15, 0.2) is 0 Å². The molecule has 0 N–H and O–H groups in total. The molecular formula is C8H9Cl2O3P. The second-order valence-corrected chi connectivity index (χ2v) is 5.70. The summed E-state index contributed by atoms with van der Waals surface area (Å²) < 4.78 is 20.7. The van der Waals surface area contributed by atoms with E-state index in [9.17, 15) is 4.57 Å². The van der Waals surface area contributed by atoms with Crippen molar-refractivity contribution in [3.8, 4) is 5.75 Å². The Bertz CT molecular complexity index is 381. The maximum Gasteiger partial charge on any atom is 0.476 e. The first kappa shape index (κ1) is 11.9. The highest BCUT2D eigenvalue weighted by Gasteiger charge is 2.21. The fourth-order valence-electron chi connectivity index (χ4n) is 0.870. The highest BCUT2D eigenvalue weighted by Crippen LogP contribution is 2.53. The Labute approximate surface area is 92.3 Å². The van der Waals surface area contributed by atoms with Gasteiger partial charge in [0.1, 0.15) is 5.75 Å². The number of aryl methyl sites for hydroxylation is 1. The molecule has 0 radical (unpaired) electrons. The standard InChI is InChI=1S/C8H9Cl2O3P/c1-6-5-7(9)3-4-8(6)13-14(10,11)12-2/h3-5H,1-2H3/t14-/m1/s1. The van der Waals surface area contributed by atoms with Crippen LogP contribution in [0, 0.1) is 6.92 Å². The molecule has 0 aliphatic heterocycles. The van der Waals surface area contributed by atoms with Gasteiger partial charge in [-0.2, -0.15) is 0 Å². The van der Waals surface area contributed by atoms with Gasteiger partial charge in [-0.15, -0.1) is 0 Å². The van der Waals surface area contributed by atoms with E-state index >= 15 is 0 Å². The summed E-state index contributed by atoms with van der Waals surface area (Å²) in [5, 5.41) is 0.580. The topological polar surface area (TPSA) is 35.5 Å². The zero-order valence-corrected chi connectivity index (χ0v) is 10.1. The Morgan fingerprint density at radius 1 is 1.43 bits per heavy atom. The lowest BCUT2D eigenvalue weighted by Gasteiger charge is -2.11. The van der Waals surface area contributed by atoms with Crippen LogP contribution >= 0.6 is 29.8 Å². The maximum absolute atomic E-state index is 11.3. The van der Waals surface area contributed by atoms with Gasteiger partial charge in [-0.25, -0.2) is 4.57 Å². The van der Waals surface area contributed by atoms with Crippen LogP contribution in [0.1, 0.15) is 5.56 Å². The predicted octanol–water partition coefficient (Wildman–Crippen LogP) is 4.02. The molecule has 0 aliphatic carbocycles. The van der Waals surface area contributed by atoms with Gasteiger partial charge in [0, 0.05) is 23.4 Å². The molecule has 0 aliphatic rings. The molecular weight excluding hydrogens is 246 g/mol. The van der Waals surface area contributed by atoms with Crippen molar-refractivity contribution in [2.75, 3.05) is 7.11 Å². The molecule has 0 unspecified atom stereocenters. The zero-order chi connectivity index (χ0) is 10.8. The first-order valence-electron chi connectivity index (χ1n) is 3.76. The normalized spacial score (nSPS) is 14.9. The Morgan fingerprint density at radius 2 is 2.07 bits per heavy atom. The smallest absolute Gasteiger partial charge is 0.413 e. The van der Waals surface area contributed by atoms with E-state index in [0.29, 0.717) is 10.8 Å². The lowest BCUT2D eigenvalue weighted by molar-refractivity contribution is 0.339. The van der Waals surface area contributed by atoms with Crippen LogP contribution in [-0.2, 0) is 9.09 Å². The lowest BCUT2D eigenvalue weighted by Crippen LogP contribution is -1.91. The largest absolute Gasteiger partial charge is 0.476 e. The van der Waals surface area contributed by atoms with Crippen LogP contribution in [0.15, 0.2) is 18.2 Å². The first-order valence-corrected chi connectivity index (χ1v) is 6.58. The minimum Gasteiger partial charge on any atom is -0.413 e. The Kier molecular flexibility index (Phi) is 3.85. The molecule has 1 rings (SSSR count). The molecule has 0 bridgehead atoms. The molecule has 0 saturated heterocycles. The van der Waals surface area contributed by atoms with Crippen molar-refractivity contribution in [1.82, 2.24) is 0 Å². The Hall–Kier alpha value is -0.210. The van der Waals surface area contributed by atoms with E-state index < -0.39 is 6.95 Å². The fourth-order valence-corrected chi connectivity index (χ4v) is 1.83. The fraction of sp³-hybridized carbons (Fsp3) is 0.250. The van der Waals surface area contributed by atoms with Crippen molar-refractivity contribution in [3.63, 3.8) is 0 Å². The summed E-state index contributed by atoms with van der Waals surface area (Å²) >= 11 is 11.2. The third kappa shape index (κ3) is 3.18. The average molecular weight is 255 g/mol. The van der Waals surface area contributed by atoms with Crippen molar-refractivity contribution in [2.24, 2.45) is 0 Å². The van der Waals surface area contributed by atoms with E-state index in [1.165, 1.54) is 7.11 Å². The summed E-state index contributed by atoms with van der Waals surface area (Å²) in [7, 11) is 1.22. The quantitative estimate of drug-likeness (QED) is 0.765. The Morgan fingerprint density at radius 3 is 2.57 bits per heavy atom. The van der Waals surface area contributed by atoms with Crippen molar-refractivity contribution in [2.45, 2.75) is 6.92 Å². The van der Waals surface area contributed by atoms with Gasteiger partial charge in [0.2, 0.25) is 0 Å². The van der Waals surface area contributed by atoms with Crippen LogP contribution in [0.4, 0.5) is 0 Å². The molecule has 0 fully saturated rings. The summed E-state index contributed by atoms with van der Waals surface area (Å²) in [6.45, 7) is -1.74. The zero-order valence-electron chi connectivity index (χ0n) is 7.66. The number of benzene rings is 1. The number of hydrogen-bond acceptors (Lipinski definition) is 3. The molecule has 6 heteroatoms. The highest BCUT2D eigenvalue weighted by molar-refractivity contribution is 7.81. The summed E-state index contributed by atoms with van der Waals surface area (Å²) in [4.78, 5) is 0. The summed E-state index contributed by atoms with van der Waals surface area (Å²) in [6.07, 6.45) is 0. The van der Waals surface area contributed by atoms with Crippen LogP contribution in [0.2, 0.25) is 5.02 Å². The third-order valence-electron chi connectivity index (χ3n) is 1.56. The number of hydrogen-bond donors (Lipinski definition) is 0. The average Bonchev–Trinajstić information content (AvgIpc) is 2.10. The molecule has 1 atom stereocenters. The van der Waals surface area contributed by atoms with Crippen molar-refractivity contribution in [1.29, 1.82) is 0 Å². The van der Waals surface area contributed by atoms with E-state index in [2.05, 4.69) is 4.52 Å². The van der Waals surface area contributed by atoms with Crippen LogP contribution in [0.25, 0.3) is 0 Å². The van der Waals surface area contributed by atoms with Gasteiger partial charge in [0.05, 0.1) is 0 Å². The minimum absolute atomic E-state index is 0.398. The van der Waals surface area contributed by atoms with E-state index in [1.54, 1.807) is 25.1 Å². The number of halogens is 2. The van der Waals surface area contributed by atoms with Gasteiger partial charge in [0.25, 0.3) is 0 Å². The molecule has 0 aromatic heterocycles. The molecule has 1 aromatic rings. The molecule has 3 nitrogen and oxygen atoms in total. The molecule has 0 amide bonds. The van der Waals surface area contributed by atoms with E-state index in [-0.39, 0.29) is 0 Å². The van der Waals surface area contributed by atoms with Crippen molar-refractivity contribution >= 4 is 29.8 Å². The van der Waals surface area contributed by atoms with E-state index in [4.69, 9.17) is 27.4 Å². The van der Waals surface area contributed by atoms with Gasteiger partial charge in [-0.3, -0.25) is 4.52 Å². The molecule has 0 saturated carbocycles. The second-order valence-electron chi connectivity index (χ2n) is 2.61. The van der Waals surface area contributed by atoms with Crippen molar-refractivity contribution in [3.05, 3.63) is 28.8 Å². The number of rotatable bonds is 3. The van der Waals surface area contributed by atoms with Crippen LogP contribution in [0.3, 0.4) is 0 Å². The summed E-state index contributed by atoms with van der Waals surface area (Å²) in [5.41, 5.74) is 0.746. The molecule has 0 spiro atoms. The first-order chi connectivity index (χ1) is 6.44.